The first-order valence-electron chi connectivity index (χ1n) is 7.74. The van der Waals surface area contributed by atoms with E-state index in [0.29, 0.717) is 10.2 Å². The van der Waals surface area contributed by atoms with Crippen LogP contribution in [0.15, 0.2) is 74.6 Å². The number of hydrogen-bond acceptors (Lipinski definition) is 4. The number of benzene rings is 2. The molecule has 140 valence electrons. The third-order valence-corrected chi connectivity index (χ3v) is 5.53. The Bertz CT molecular complexity index is 1050. The molecule has 1 amide bonds. The van der Waals surface area contributed by atoms with Crippen molar-refractivity contribution in [2.75, 3.05) is 5.32 Å². The van der Waals surface area contributed by atoms with Gasteiger partial charge < -0.3 is 9.73 Å². The van der Waals surface area contributed by atoms with Crippen LogP contribution >= 0.6 is 15.9 Å². The van der Waals surface area contributed by atoms with Gasteiger partial charge in [0, 0.05) is 10.0 Å². The number of rotatable bonds is 6. The molecule has 0 radical (unpaired) electrons. The van der Waals surface area contributed by atoms with E-state index in [0.717, 1.165) is 0 Å². The van der Waals surface area contributed by atoms with E-state index in [1.54, 1.807) is 18.2 Å². The largest absolute Gasteiger partial charge is 0.468 e. The first-order chi connectivity index (χ1) is 12.8. The van der Waals surface area contributed by atoms with Crippen LogP contribution in [0.4, 0.5) is 10.1 Å². The molecule has 0 aliphatic heterocycles. The lowest BCUT2D eigenvalue weighted by Crippen LogP contribution is -2.23. The van der Waals surface area contributed by atoms with E-state index in [9.17, 15) is 17.6 Å². The average molecular weight is 453 g/mol. The fourth-order valence-corrected chi connectivity index (χ4v) is 3.56. The second-order valence-electron chi connectivity index (χ2n) is 5.51. The van der Waals surface area contributed by atoms with Gasteiger partial charge in [0.2, 0.25) is 10.0 Å². The van der Waals surface area contributed by atoms with Crippen molar-refractivity contribution in [2.45, 2.75) is 11.4 Å². The Kier molecular flexibility index (Phi) is 5.73. The molecule has 0 atom stereocenters. The number of nitrogens with one attached hydrogen (secondary N) is 2. The van der Waals surface area contributed by atoms with Crippen molar-refractivity contribution in [2.24, 2.45) is 0 Å². The Morgan fingerprint density at radius 2 is 1.85 bits per heavy atom. The monoisotopic (exact) mass is 452 g/mol. The fraction of sp³-hybridized carbons (Fsp3) is 0.0556. The number of halogens is 2. The highest BCUT2D eigenvalue weighted by Crippen LogP contribution is 2.20. The van der Waals surface area contributed by atoms with E-state index < -0.39 is 21.7 Å². The van der Waals surface area contributed by atoms with Crippen LogP contribution in [0.5, 0.6) is 0 Å². The van der Waals surface area contributed by atoms with Crippen molar-refractivity contribution in [1.29, 1.82) is 0 Å². The van der Waals surface area contributed by atoms with Crippen LogP contribution in [-0.2, 0) is 16.6 Å². The van der Waals surface area contributed by atoms with Crippen molar-refractivity contribution in [1.82, 2.24) is 4.72 Å². The highest BCUT2D eigenvalue weighted by atomic mass is 79.9. The molecule has 9 heteroatoms. The lowest BCUT2D eigenvalue weighted by molar-refractivity contribution is 0.102. The predicted octanol–water partition coefficient (Wildman–Crippen LogP) is 3.91. The molecule has 3 rings (SSSR count). The molecule has 3 aromatic rings. The van der Waals surface area contributed by atoms with E-state index in [-0.39, 0.29) is 22.7 Å². The summed E-state index contributed by atoms with van der Waals surface area (Å²) in [5, 5.41) is 2.44. The highest BCUT2D eigenvalue weighted by Gasteiger charge is 2.16. The molecule has 0 bridgehead atoms. The maximum atomic E-state index is 13.8. The molecule has 0 unspecified atom stereocenters. The Balaban J connectivity index is 1.69. The van der Waals surface area contributed by atoms with Crippen LogP contribution in [-0.4, -0.2) is 14.3 Å². The smallest absolute Gasteiger partial charge is 0.255 e. The van der Waals surface area contributed by atoms with Gasteiger partial charge in [-0.25, -0.2) is 17.5 Å². The Morgan fingerprint density at radius 3 is 2.48 bits per heavy atom. The summed E-state index contributed by atoms with van der Waals surface area (Å²) in [4.78, 5) is 12.2. The third kappa shape index (κ3) is 4.82. The first kappa shape index (κ1) is 19.3. The van der Waals surface area contributed by atoms with Gasteiger partial charge >= 0.3 is 0 Å². The summed E-state index contributed by atoms with van der Waals surface area (Å²) in [6, 6.07) is 12.9. The minimum absolute atomic E-state index is 0.000397. The summed E-state index contributed by atoms with van der Waals surface area (Å²) >= 11 is 3.14. The number of hydrogen-bond donors (Lipinski definition) is 2. The fourth-order valence-electron chi connectivity index (χ4n) is 2.23. The normalized spacial score (nSPS) is 11.3. The van der Waals surface area contributed by atoms with Crippen LogP contribution in [0, 0.1) is 5.82 Å². The van der Waals surface area contributed by atoms with Gasteiger partial charge in [0.25, 0.3) is 5.91 Å². The lowest BCUT2D eigenvalue weighted by atomic mass is 10.2. The van der Waals surface area contributed by atoms with E-state index in [4.69, 9.17) is 4.42 Å². The number of sulfonamides is 1. The average Bonchev–Trinajstić information content (AvgIpc) is 3.16. The van der Waals surface area contributed by atoms with Crippen LogP contribution < -0.4 is 10.0 Å². The summed E-state index contributed by atoms with van der Waals surface area (Å²) in [5.74, 6) is -0.658. The van der Waals surface area contributed by atoms with Crippen LogP contribution in [0.25, 0.3) is 0 Å². The van der Waals surface area contributed by atoms with E-state index in [1.165, 1.54) is 42.7 Å². The standard InChI is InChI=1S/C18H14BrFN2O4S/c19-13-5-8-17(16(20)10-13)22-18(23)12-3-6-15(7-4-12)27(24,25)21-11-14-2-1-9-26-14/h1-10,21H,11H2,(H,22,23). The van der Waals surface area contributed by atoms with Gasteiger partial charge in [0.05, 0.1) is 23.4 Å². The molecule has 1 aromatic heterocycles. The van der Waals surface area contributed by atoms with Crippen LogP contribution in [0.2, 0.25) is 0 Å². The van der Waals surface area contributed by atoms with Gasteiger partial charge in [-0.3, -0.25) is 4.79 Å². The van der Waals surface area contributed by atoms with Gasteiger partial charge in [0.1, 0.15) is 11.6 Å². The van der Waals surface area contributed by atoms with Crippen molar-refractivity contribution in [3.8, 4) is 0 Å². The molecule has 1 heterocycles. The number of carbonyl (C=O) groups is 1. The van der Waals surface area contributed by atoms with Gasteiger partial charge in [0.15, 0.2) is 0 Å². The van der Waals surface area contributed by atoms with Gasteiger partial charge in [-0.1, -0.05) is 15.9 Å². The first-order valence-corrected chi connectivity index (χ1v) is 10.0. The van der Waals surface area contributed by atoms with Crippen molar-refractivity contribution < 1.29 is 22.0 Å². The molecule has 0 fully saturated rings. The van der Waals surface area contributed by atoms with Crippen molar-refractivity contribution in [3.63, 3.8) is 0 Å². The summed E-state index contributed by atoms with van der Waals surface area (Å²) in [7, 11) is -3.76. The van der Waals surface area contributed by atoms with Crippen LogP contribution in [0.3, 0.4) is 0 Å². The second-order valence-corrected chi connectivity index (χ2v) is 8.19. The van der Waals surface area contributed by atoms with Gasteiger partial charge in [-0.15, -0.1) is 0 Å². The Morgan fingerprint density at radius 1 is 1.11 bits per heavy atom. The molecule has 0 aliphatic carbocycles. The quantitative estimate of drug-likeness (QED) is 0.593. The molecule has 0 saturated carbocycles. The lowest BCUT2D eigenvalue weighted by Gasteiger charge is -2.08. The molecule has 0 saturated heterocycles. The number of amides is 1. The number of anilines is 1. The predicted molar refractivity (Wildman–Crippen MR) is 101 cm³/mol. The molecule has 0 aliphatic rings. The number of carbonyl (C=O) groups excluding carboxylic acids is 1. The zero-order chi connectivity index (χ0) is 19.4. The minimum atomic E-state index is -3.76. The van der Waals surface area contributed by atoms with Crippen LogP contribution in [0.1, 0.15) is 16.1 Å². The summed E-state index contributed by atoms with van der Waals surface area (Å²) in [5.41, 5.74) is 0.224. The number of furan rings is 1. The molecule has 0 spiro atoms. The SMILES string of the molecule is O=C(Nc1ccc(Br)cc1F)c1ccc(S(=O)(=O)NCc2ccco2)cc1. The minimum Gasteiger partial charge on any atom is -0.468 e. The molecular weight excluding hydrogens is 439 g/mol. The maximum Gasteiger partial charge on any atom is 0.255 e. The maximum absolute atomic E-state index is 13.8. The van der Waals surface area contributed by atoms with E-state index in [2.05, 4.69) is 26.0 Å². The molecule has 27 heavy (non-hydrogen) atoms. The van der Waals surface area contributed by atoms with Crippen molar-refractivity contribution in [3.05, 3.63) is 82.5 Å². The molecule has 2 aromatic carbocycles. The summed E-state index contributed by atoms with van der Waals surface area (Å²) in [6.45, 7) is 0.0143. The summed E-state index contributed by atoms with van der Waals surface area (Å²) < 4.78 is 46.4. The van der Waals surface area contributed by atoms with E-state index >= 15 is 0 Å². The van der Waals surface area contributed by atoms with E-state index in [1.807, 2.05) is 0 Å². The Labute approximate surface area is 163 Å². The molecular formula is C18H14BrFN2O4S. The zero-order valence-corrected chi connectivity index (χ0v) is 16.2. The second kappa shape index (κ2) is 8.03. The Hall–Kier alpha value is -2.49. The van der Waals surface area contributed by atoms with Gasteiger partial charge in [-0.2, -0.15) is 0 Å². The molecule has 2 N–H and O–H groups in total. The van der Waals surface area contributed by atoms with Gasteiger partial charge in [-0.05, 0) is 54.6 Å². The summed E-state index contributed by atoms with van der Waals surface area (Å²) in [6.07, 6.45) is 1.45. The highest BCUT2D eigenvalue weighted by molar-refractivity contribution is 9.10. The zero-order valence-electron chi connectivity index (χ0n) is 13.8. The topological polar surface area (TPSA) is 88.4 Å². The molecule has 6 nitrogen and oxygen atoms in total. The van der Waals surface area contributed by atoms with Crippen molar-refractivity contribution >= 4 is 37.5 Å². The third-order valence-electron chi connectivity index (χ3n) is 3.62.